The van der Waals surface area contributed by atoms with Crippen LogP contribution in [0.25, 0.3) is 0 Å². The number of carboxylic acid groups (broad SMARTS) is 1. The zero-order chi connectivity index (χ0) is 20.9. The van der Waals surface area contributed by atoms with Crippen LogP contribution in [-0.2, 0) is 9.53 Å². The SMILES string of the molecule is CC(C)(C)OC(=O)N1CCCC(Oc2ccc(OCC(=O)O)c([N+](=O)[O-])c2)C1. The lowest BCUT2D eigenvalue weighted by atomic mass is 10.1. The average molecular weight is 396 g/mol. The molecular weight excluding hydrogens is 372 g/mol. The third-order valence-electron chi connectivity index (χ3n) is 3.81. The molecule has 0 radical (unpaired) electrons. The number of nitro groups is 1. The first kappa shape index (κ1) is 21.3. The lowest BCUT2D eigenvalue weighted by molar-refractivity contribution is -0.385. The zero-order valence-corrected chi connectivity index (χ0v) is 16.0. The summed E-state index contributed by atoms with van der Waals surface area (Å²) in [5.41, 5.74) is -0.990. The van der Waals surface area contributed by atoms with Crippen molar-refractivity contribution in [1.82, 2.24) is 4.90 Å². The summed E-state index contributed by atoms with van der Waals surface area (Å²) in [6.45, 7) is 5.53. The Balaban J connectivity index is 2.05. The van der Waals surface area contributed by atoms with Crippen LogP contribution in [0.2, 0.25) is 0 Å². The number of rotatable bonds is 6. The number of amides is 1. The summed E-state index contributed by atoms with van der Waals surface area (Å²) in [6.07, 6.45) is 0.631. The van der Waals surface area contributed by atoms with E-state index in [9.17, 15) is 19.7 Å². The molecular formula is C18H24N2O8. The average Bonchev–Trinajstić information content (AvgIpc) is 2.59. The Labute approximate surface area is 162 Å². The molecule has 0 bridgehead atoms. The number of carboxylic acids is 1. The predicted octanol–water partition coefficient (Wildman–Crippen LogP) is 2.84. The largest absolute Gasteiger partial charge is 0.488 e. The smallest absolute Gasteiger partial charge is 0.410 e. The maximum atomic E-state index is 12.2. The molecule has 1 aliphatic rings. The van der Waals surface area contributed by atoms with E-state index >= 15 is 0 Å². The molecule has 0 aromatic heterocycles. The molecule has 10 heteroatoms. The molecule has 0 saturated carbocycles. The molecule has 1 fully saturated rings. The normalized spacial score (nSPS) is 17.0. The number of benzene rings is 1. The summed E-state index contributed by atoms with van der Waals surface area (Å²) in [5.74, 6) is -1.15. The van der Waals surface area contributed by atoms with Gasteiger partial charge in [0, 0.05) is 6.54 Å². The standard InChI is InChI=1S/C18H24N2O8/c1-18(2,3)28-17(23)19-8-4-5-13(10-19)27-12-6-7-15(26-11-16(21)22)14(9-12)20(24)25/h6-7,9,13H,4-5,8,10-11H2,1-3H3,(H,21,22). The Morgan fingerprint density at radius 1 is 1.36 bits per heavy atom. The highest BCUT2D eigenvalue weighted by Gasteiger charge is 2.29. The number of carbonyl (C=O) groups excluding carboxylic acids is 1. The number of aliphatic carboxylic acids is 1. The molecule has 1 saturated heterocycles. The first-order chi connectivity index (χ1) is 13.0. The zero-order valence-electron chi connectivity index (χ0n) is 16.0. The molecule has 0 spiro atoms. The van der Waals surface area contributed by atoms with Crippen molar-refractivity contribution >= 4 is 17.7 Å². The first-order valence-electron chi connectivity index (χ1n) is 8.83. The topological polar surface area (TPSA) is 128 Å². The highest BCUT2D eigenvalue weighted by atomic mass is 16.6. The van der Waals surface area contributed by atoms with Gasteiger partial charge in [-0.1, -0.05) is 0 Å². The van der Waals surface area contributed by atoms with E-state index in [0.29, 0.717) is 25.9 Å². The van der Waals surface area contributed by atoms with Gasteiger partial charge in [-0.2, -0.15) is 0 Å². The lowest BCUT2D eigenvalue weighted by Crippen LogP contribution is -2.46. The van der Waals surface area contributed by atoms with Gasteiger partial charge < -0.3 is 24.2 Å². The summed E-state index contributed by atoms with van der Waals surface area (Å²) < 4.78 is 16.1. The van der Waals surface area contributed by atoms with Crippen molar-refractivity contribution in [3.05, 3.63) is 28.3 Å². The third-order valence-corrected chi connectivity index (χ3v) is 3.81. The number of hydrogen-bond acceptors (Lipinski definition) is 7. The van der Waals surface area contributed by atoms with Crippen LogP contribution in [0.4, 0.5) is 10.5 Å². The van der Waals surface area contributed by atoms with Gasteiger partial charge in [0.1, 0.15) is 17.5 Å². The molecule has 1 aliphatic heterocycles. The maximum absolute atomic E-state index is 12.2. The second kappa shape index (κ2) is 8.77. The molecule has 10 nitrogen and oxygen atoms in total. The van der Waals surface area contributed by atoms with Crippen LogP contribution in [-0.4, -0.2) is 58.4 Å². The van der Waals surface area contributed by atoms with Crippen LogP contribution in [0.3, 0.4) is 0 Å². The van der Waals surface area contributed by atoms with Crippen LogP contribution in [0, 0.1) is 10.1 Å². The molecule has 1 amide bonds. The van der Waals surface area contributed by atoms with Crippen LogP contribution in [0.5, 0.6) is 11.5 Å². The molecule has 154 valence electrons. The van der Waals surface area contributed by atoms with Crippen LogP contribution < -0.4 is 9.47 Å². The van der Waals surface area contributed by atoms with Crippen molar-refractivity contribution in [3.63, 3.8) is 0 Å². The Morgan fingerprint density at radius 2 is 2.07 bits per heavy atom. The summed E-state index contributed by atoms with van der Waals surface area (Å²) in [6, 6.07) is 3.95. The molecule has 1 heterocycles. The van der Waals surface area contributed by atoms with Gasteiger partial charge in [0.2, 0.25) is 0 Å². The van der Waals surface area contributed by atoms with Gasteiger partial charge in [-0.25, -0.2) is 9.59 Å². The summed E-state index contributed by atoms with van der Waals surface area (Å²) in [5, 5.41) is 19.9. The predicted molar refractivity (Wildman–Crippen MR) is 97.7 cm³/mol. The number of nitro benzene ring substituents is 1. The van der Waals surface area contributed by atoms with Gasteiger partial charge in [0.05, 0.1) is 17.5 Å². The molecule has 1 unspecified atom stereocenters. The number of carbonyl (C=O) groups is 2. The minimum absolute atomic E-state index is 0.154. The van der Waals surface area contributed by atoms with Crippen LogP contribution in [0.1, 0.15) is 33.6 Å². The Hall–Kier alpha value is -3.04. The fourth-order valence-electron chi connectivity index (χ4n) is 2.69. The Bertz CT molecular complexity index is 744. The number of ether oxygens (including phenoxy) is 3. The van der Waals surface area contributed by atoms with E-state index in [2.05, 4.69) is 0 Å². The van der Waals surface area contributed by atoms with Gasteiger partial charge in [0.15, 0.2) is 12.4 Å². The quantitative estimate of drug-likeness (QED) is 0.574. The van der Waals surface area contributed by atoms with E-state index in [0.717, 1.165) is 0 Å². The van der Waals surface area contributed by atoms with E-state index in [1.54, 1.807) is 25.7 Å². The minimum atomic E-state index is -1.24. The van der Waals surface area contributed by atoms with Crippen molar-refractivity contribution in [1.29, 1.82) is 0 Å². The van der Waals surface area contributed by atoms with E-state index < -0.39 is 34.9 Å². The van der Waals surface area contributed by atoms with E-state index in [-0.39, 0.29) is 17.6 Å². The molecule has 1 aromatic carbocycles. The van der Waals surface area contributed by atoms with Crippen molar-refractivity contribution in [2.45, 2.75) is 45.3 Å². The Morgan fingerprint density at radius 3 is 2.68 bits per heavy atom. The van der Waals surface area contributed by atoms with Gasteiger partial charge in [0.25, 0.3) is 0 Å². The molecule has 1 aromatic rings. The fraction of sp³-hybridized carbons (Fsp3) is 0.556. The summed E-state index contributed by atoms with van der Waals surface area (Å²) in [7, 11) is 0. The van der Waals surface area contributed by atoms with E-state index in [1.807, 2.05) is 0 Å². The first-order valence-corrected chi connectivity index (χ1v) is 8.83. The monoisotopic (exact) mass is 396 g/mol. The van der Waals surface area contributed by atoms with Crippen molar-refractivity contribution < 1.29 is 33.8 Å². The van der Waals surface area contributed by atoms with Crippen molar-refractivity contribution in [2.24, 2.45) is 0 Å². The van der Waals surface area contributed by atoms with Crippen LogP contribution in [0.15, 0.2) is 18.2 Å². The van der Waals surface area contributed by atoms with Crippen molar-refractivity contribution in [3.8, 4) is 11.5 Å². The van der Waals surface area contributed by atoms with Gasteiger partial charge in [-0.15, -0.1) is 0 Å². The highest BCUT2D eigenvalue weighted by Crippen LogP contribution is 2.32. The van der Waals surface area contributed by atoms with E-state index in [1.165, 1.54) is 18.2 Å². The fourth-order valence-corrected chi connectivity index (χ4v) is 2.69. The van der Waals surface area contributed by atoms with Crippen molar-refractivity contribution in [2.75, 3.05) is 19.7 Å². The molecule has 1 N–H and O–H groups in total. The molecule has 0 aliphatic carbocycles. The number of nitrogens with zero attached hydrogens (tertiary/aromatic N) is 2. The minimum Gasteiger partial charge on any atom is -0.488 e. The van der Waals surface area contributed by atoms with Gasteiger partial charge in [-0.3, -0.25) is 10.1 Å². The Kier molecular flexibility index (Phi) is 6.66. The lowest BCUT2D eigenvalue weighted by Gasteiger charge is -2.34. The number of likely N-dealkylation sites (tertiary alicyclic amines) is 1. The molecule has 2 rings (SSSR count). The molecule has 1 atom stereocenters. The van der Waals surface area contributed by atoms with Gasteiger partial charge >= 0.3 is 17.7 Å². The van der Waals surface area contributed by atoms with E-state index in [4.69, 9.17) is 19.3 Å². The maximum Gasteiger partial charge on any atom is 0.410 e. The number of piperidine rings is 1. The second-order valence-electron chi connectivity index (χ2n) is 7.38. The van der Waals surface area contributed by atoms with Gasteiger partial charge in [-0.05, 0) is 45.7 Å². The van der Waals surface area contributed by atoms with Crippen LogP contribution >= 0.6 is 0 Å². The summed E-state index contributed by atoms with van der Waals surface area (Å²) in [4.78, 5) is 34.9. The molecule has 28 heavy (non-hydrogen) atoms. The third kappa shape index (κ3) is 6.29. The number of hydrogen-bond donors (Lipinski definition) is 1. The highest BCUT2D eigenvalue weighted by molar-refractivity contribution is 5.69. The summed E-state index contributed by atoms with van der Waals surface area (Å²) >= 11 is 0. The second-order valence-corrected chi connectivity index (χ2v) is 7.38.